The van der Waals surface area contributed by atoms with E-state index in [1.807, 2.05) is 6.07 Å². The number of carbonyl (C=O) groups excluding carboxylic acids is 4. The highest BCUT2D eigenvalue weighted by Gasteiger charge is 2.51. The van der Waals surface area contributed by atoms with Gasteiger partial charge in [0.1, 0.15) is 12.1 Å². The van der Waals surface area contributed by atoms with Crippen LogP contribution in [0.1, 0.15) is 32.1 Å². The van der Waals surface area contributed by atoms with Crippen molar-refractivity contribution in [2.45, 2.75) is 56.4 Å². The van der Waals surface area contributed by atoms with Crippen molar-refractivity contribution < 1.29 is 32.3 Å². The number of rotatable bonds is 6. The third-order valence-electron chi connectivity index (χ3n) is 5.95. The van der Waals surface area contributed by atoms with Crippen molar-refractivity contribution >= 4 is 23.6 Å². The van der Waals surface area contributed by atoms with Crippen molar-refractivity contribution in [1.29, 1.82) is 5.26 Å². The van der Waals surface area contributed by atoms with E-state index in [0.29, 0.717) is 32.2 Å². The summed E-state index contributed by atoms with van der Waals surface area (Å²) in [5.41, 5.74) is 0. The second-order valence-corrected chi connectivity index (χ2v) is 7.86. The highest BCUT2D eigenvalue weighted by Crippen LogP contribution is 2.42. The molecule has 3 rings (SSSR count). The quantitative estimate of drug-likeness (QED) is 0.528. The van der Waals surface area contributed by atoms with Gasteiger partial charge in [0.2, 0.25) is 17.7 Å². The van der Waals surface area contributed by atoms with E-state index >= 15 is 0 Å². The van der Waals surface area contributed by atoms with E-state index in [4.69, 9.17) is 0 Å². The number of alkyl halides is 3. The number of likely N-dealkylation sites (tertiary alicyclic amines) is 1. The Morgan fingerprint density at radius 3 is 2.60 bits per heavy atom. The molecule has 0 aromatic carbocycles. The molecule has 3 N–H and O–H groups in total. The van der Waals surface area contributed by atoms with Gasteiger partial charge >= 0.3 is 12.1 Å². The maximum absolute atomic E-state index is 12.8. The minimum atomic E-state index is -5.10. The second kappa shape index (κ2) is 8.49. The lowest BCUT2D eigenvalue weighted by Gasteiger charge is -2.35. The fourth-order valence-corrected chi connectivity index (χ4v) is 4.59. The van der Waals surface area contributed by atoms with E-state index in [-0.39, 0.29) is 30.2 Å². The molecule has 5 atom stereocenters. The van der Waals surface area contributed by atoms with Gasteiger partial charge in [0.25, 0.3) is 0 Å². The molecule has 0 aromatic rings. The smallest absolute Gasteiger partial charge is 0.356 e. The van der Waals surface area contributed by atoms with E-state index < -0.39 is 42.5 Å². The summed E-state index contributed by atoms with van der Waals surface area (Å²) in [5, 5.41) is 16.1. The van der Waals surface area contributed by atoms with Crippen LogP contribution < -0.4 is 16.0 Å². The first kappa shape index (κ1) is 21.9. The minimum absolute atomic E-state index is 0.143. The van der Waals surface area contributed by atoms with Gasteiger partial charge in [-0.25, -0.2) is 0 Å². The number of halogens is 3. The van der Waals surface area contributed by atoms with E-state index in [0.717, 1.165) is 0 Å². The van der Waals surface area contributed by atoms with Crippen LogP contribution in [0.2, 0.25) is 0 Å². The summed E-state index contributed by atoms with van der Waals surface area (Å²) < 4.78 is 37.0. The molecular formula is C18H22F3N5O4. The zero-order valence-corrected chi connectivity index (χ0v) is 16.0. The summed E-state index contributed by atoms with van der Waals surface area (Å²) in [6, 6.07) is -0.172. The number of carbonyl (C=O) groups is 4. The van der Waals surface area contributed by atoms with Crippen molar-refractivity contribution in [3.8, 4) is 6.07 Å². The Morgan fingerprint density at radius 2 is 2.00 bits per heavy atom. The fraction of sp³-hybridized carbons (Fsp3) is 0.722. The molecule has 164 valence electrons. The van der Waals surface area contributed by atoms with Crippen LogP contribution in [0, 0.1) is 23.2 Å². The summed E-state index contributed by atoms with van der Waals surface area (Å²) in [4.78, 5) is 49.3. The molecule has 2 heterocycles. The lowest BCUT2D eigenvalue weighted by Crippen LogP contribution is -2.56. The van der Waals surface area contributed by atoms with Crippen LogP contribution in [0.15, 0.2) is 0 Å². The monoisotopic (exact) mass is 429 g/mol. The number of hydrogen-bond donors (Lipinski definition) is 3. The third-order valence-corrected chi connectivity index (χ3v) is 5.95. The molecule has 2 aliphatic heterocycles. The molecule has 12 heteroatoms. The number of amides is 4. The summed E-state index contributed by atoms with van der Waals surface area (Å²) in [6.45, 7) is -0.358. The van der Waals surface area contributed by atoms with Gasteiger partial charge in [0.15, 0.2) is 0 Å². The Kier molecular flexibility index (Phi) is 6.19. The van der Waals surface area contributed by atoms with Crippen LogP contribution in [0.5, 0.6) is 0 Å². The minimum Gasteiger partial charge on any atom is -0.356 e. The highest BCUT2D eigenvalue weighted by molar-refractivity contribution is 5.92. The molecule has 3 aliphatic rings. The standard InChI is InChI=1S/C18H22F3N5O4/c19-18(20,21)17(30)24-8-13(27)26-12-2-1-9(6-12)14(26)16(29)25-11(7-22)5-10-3-4-23-15(10)28/h9-12,14H,1-6,8H2,(H,23,28)(H,24,30)(H,25,29)/t9?,10?,11?,12-,14+/m1/s1. The Bertz CT molecular complexity index is 781. The van der Waals surface area contributed by atoms with Gasteiger partial charge in [0, 0.05) is 18.5 Å². The first-order valence-corrected chi connectivity index (χ1v) is 9.75. The first-order valence-electron chi connectivity index (χ1n) is 9.75. The van der Waals surface area contributed by atoms with Crippen LogP contribution in [0.3, 0.4) is 0 Å². The molecule has 0 aromatic heterocycles. The van der Waals surface area contributed by atoms with Gasteiger partial charge in [-0.1, -0.05) is 0 Å². The lowest BCUT2D eigenvalue weighted by molar-refractivity contribution is -0.174. The van der Waals surface area contributed by atoms with Crippen LogP contribution in [0.4, 0.5) is 13.2 Å². The number of fused-ring (bicyclic) bond motifs is 2. The average molecular weight is 429 g/mol. The van der Waals surface area contributed by atoms with E-state index in [1.54, 1.807) is 0 Å². The highest BCUT2D eigenvalue weighted by atomic mass is 19.4. The predicted molar refractivity (Wildman–Crippen MR) is 94.1 cm³/mol. The van der Waals surface area contributed by atoms with E-state index in [9.17, 15) is 37.6 Å². The Labute approximate surface area is 170 Å². The van der Waals surface area contributed by atoms with Gasteiger partial charge in [-0.2, -0.15) is 18.4 Å². The second-order valence-electron chi connectivity index (χ2n) is 7.86. The molecule has 1 aliphatic carbocycles. The van der Waals surface area contributed by atoms with Gasteiger partial charge in [-0.3, -0.25) is 19.2 Å². The number of nitrogens with one attached hydrogen (secondary N) is 3. The average Bonchev–Trinajstić information content (AvgIpc) is 3.40. The number of hydrogen-bond acceptors (Lipinski definition) is 5. The molecular weight excluding hydrogens is 407 g/mol. The number of nitrogens with zero attached hydrogens (tertiary/aromatic N) is 2. The molecule has 1 saturated carbocycles. The normalized spacial score (nSPS) is 28.6. The molecule has 3 unspecified atom stereocenters. The Hall–Kier alpha value is -2.84. The Balaban J connectivity index is 1.63. The van der Waals surface area contributed by atoms with Crippen molar-refractivity contribution in [2.75, 3.05) is 13.1 Å². The van der Waals surface area contributed by atoms with Crippen LogP contribution in [-0.2, 0) is 19.2 Å². The topological polar surface area (TPSA) is 131 Å². The zero-order chi connectivity index (χ0) is 22.1. The number of piperidine rings is 1. The molecule has 2 bridgehead atoms. The summed E-state index contributed by atoms with van der Waals surface area (Å²) in [6.07, 6.45) is -2.55. The number of nitriles is 1. The van der Waals surface area contributed by atoms with Gasteiger partial charge in [-0.15, -0.1) is 0 Å². The molecule has 0 radical (unpaired) electrons. The van der Waals surface area contributed by atoms with Gasteiger partial charge < -0.3 is 20.9 Å². The van der Waals surface area contributed by atoms with Gasteiger partial charge in [0.05, 0.1) is 12.6 Å². The van der Waals surface area contributed by atoms with Crippen molar-refractivity contribution in [3.05, 3.63) is 0 Å². The van der Waals surface area contributed by atoms with Gasteiger partial charge in [-0.05, 0) is 38.0 Å². The molecule has 0 spiro atoms. The molecule has 9 nitrogen and oxygen atoms in total. The van der Waals surface area contributed by atoms with Crippen molar-refractivity contribution in [1.82, 2.24) is 20.9 Å². The maximum atomic E-state index is 12.8. The first-order chi connectivity index (χ1) is 14.1. The van der Waals surface area contributed by atoms with Crippen LogP contribution in [-0.4, -0.2) is 65.9 Å². The fourth-order valence-electron chi connectivity index (χ4n) is 4.59. The zero-order valence-electron chi connectivity index (χ0n) is 16.0. The Morgan fingerprint density at radius 1 is 1.27 bits per heavy atom. The molecule has 30 heavy (non-hydrogen) atoms. The van der Waals surface area contributed by atoms with E-state index in [2.05, 4.69) is 10.6 Å². The maximum Gasteiger partial charge on any atom is 0.471 e. The van der Waals surface area contributed by atoms with Crippen LogP contribution >= 0.6 is 0 Å². The molecule has 3 fully saturated rings. The predicted octanol–water partition coefficient (Wildman–Crippen LogP) is -0.421. The largest absolute Gasteiger partial charge is 0.471 e. The van der Waals surface area contributed by atoms with Crippen molar-refractivity contribution in [2.24, 2.45) is 11.8 Å². The summed E-state index contributed by atoms with van der Waals surface area (Å²) in [5.74, 6) is -4.29. The summed E-state index contributed by atoms with van der Waals surface area (Å²) in [7, 11) is 0. The van der Waals surface area contributed by atoms with E-state index in [1.165, 1.54) is 10.2 Å². The molecule has 2 saturated heterocycles. The summed E-state index contributed by atoms with van der Waals surface area (Å²) >= 11 is 0. The lowest BCUT2D eigenvalue weighted by atomic mass is 9.95. The van der Waals surface area contributed by atoms with Crippen molar-refractivity contribution in [3.63, 3.8) is 0 Å². The SMILES string of the molecule is N#CC(CC1CCNC1=O)NC(=O)[C@@H]1C2CC[C@H](C2)N1C(=O)CNC(=O)C(F)(F)F. The third kappa shape index (κ3) is 4.49. The van der Waals surface area contributed by atoms with Crippen LogP contribution in [0.25, 0.3) is 0 Å². The molecule has 4 amide bonds.